The average Bonchev–Trinajstić information content (AvgIpc) is 3.42. The molecule has 7 nitrogen and oxygen atoms in total. The molecule has 5 rings (SSSR count). The largest absolute Gasteiger partial charge is 0.399 e. The number of ether oxygens (including phenoxy) is 1. The molecule has 3 N–H and O–H groups in total. The highest BCUT2D eigenvalue weighted by Crippen LogP contribution is 2.28. The van der Waals surface area contributed by atoms with E-state index in [2.05, 4.69) is 5.32 Å². The molecule has 7 heteroatoms. The summed E-state index contributed by atoms with van der Waals surface area (Å²) in [4.78, 5) is 40.9. The number of rotatable bonds is 5. The minimum atomic E-state index is -0.827. The molecule has 2 heterocycles. The number of benzene rings is 3. The van der Waals surface area contributed by atoms with E-state index in [0.29, 0.717) is 30.6 Å². The van der Waals surface area contributed by atoms with Gasteiger partial charge >= 0.3 is 0 Å². The number of nitrogens with one attached hydrogen (secondary N) is 1. The Kier molecular flexibility index (Phi) is 5.56. The molecule has 3 aromatic carbocycles. The molecule has 33 heavy (non-hydrogen) atoms. The molecular formula is C26H25N3O4. The van der Waals surface area contributed by atoms with Crippen LogP contribution in [0, 0.1) is 0 Å². The second-order valence-corrected chi connectivity index (χ2v) is 8.58. The van der Waals surface area contributed by atoms with Gasteiger partial charge in [0.25, 0.3) is 5.91 Å². The average molecular weight is 444 g/mol. The van der Waals surface area contributed by atoms with E-state index in [1.165, 1.54) is 0 Å². The van der Waals surface area contributed by atoms with Gasteiger partial charge in [-0.2, -0.15) is 0 Å². The van der Waals surface area contributed by atoms with Crippen molar-refractivity contribution in [2.45, 2.75) is 31.0 Å². The molecule has 0 radical (unpaired) electrons. The Morgan fingerprint density at radius 1 is 1.06 bits per heavy atom. The van der Waals surface area contributed by atoms with E-state index in [1.807, 2.05) is 48.5 Å². The van der Waals surface area contributed by atoms with Gasteiger partial charge in [0, 0.05) is 24.2 Å². The molecule has 0 aliphatic carbocycles. The number of hydrogen-bond acceptors (Lipinski definition) is 5. The van der Waals surface area contributed by atoms with Gasteiger partial charge in [0.2, 0.25) is 5.91 Å². The monoisotopic (exact) mass is 443 g/mol. The SMILES string of the molecule is Nc1ccc(CC(NC(=O)c2cccc3ccccc23)C(=O)N2CCC3OCC(=O)C32)cc1. The predicted molar refractivity (Wildman–Crippen MR) is 125 cm³/mol. The van der Waals surface area contributed by atoms with Crippen LogP contribution in [0.1, 0.15) is 22.3 Å². The summed E-state index contributed by atoms with van der Waals surface area (Å²) in [6.45, 7) is 0.465. The zero-order valence-corrected chi connectivity index (χ0v) is 18.1. The van der Waals surface area contributed by atoms with Crippen molar-refractivity contribution in [2.24, 2.45) is 0 Å². The van der Waals surface area contributed by atoms with E-state index < -0.39 is 12.1 Å². The van der Waals surface area contributed by atoms with Gasteiger partial charge in [-0.1, -0.05) is 48.5 Å². The van der Waals surface area contributed by atoms with Crippen molar-refractivity contribution in [1.29, 1.82) is 0 Å². The number of carbonyl (C=O) groups is 3. The van der Waals surface area contributed by atoms with E-state index in [4.69, 9.17) is 10.5 Å². The lowest BCUT2D eigenvalue weighted by Crippen LogP contribution is -2.53. The van der Waals surface area contributed by atoms with Gasteiger partial charge in [0.05, 0.1) is 6.10 Å². The fraction of sp³-hybridized carbons (Fsp3) is 0.269. The van der Waals surface area contributed by atoms with Crippen molar-refractivity contribution in [2.75, 3.05) is 18.9 Å². The summed E-state index contributed by atoms with van der Waals surface area (Å²) in [5.74, 6) is -0.686. The van der Waals surface area contributed by atoms with Crippen LogP contribution in [0.4, 0.5) is 5.69 Å². The number of nitrogen functional groups attached to an aromatic ring is 1. The van der Waals surface area contributed by atoms with Gasteiger partial charge in [0.15, 0.2) is 5.78 Å². The summed E-state index contributed by atoms with van der Waals surface area (Å²) in [6.07, 6.45) is 0.652. The van der Waals surface area contributed by atoms with Crippen LogP contribution in [-0.2, 0) is 20.7 Å². The summed E-state index contributed by atoms with van der Waals surface area (Å²) in [5, 5.41) is 4.71. The van der Waals surface area contributed by atoms with Gasteiger partial charge in [-0.15, -0.1) is 0 Å². The first kappa shape index (κ1) is 21.2. The van der Waals surface area contributed by atoms with Crippen LogP contribution in [0.15, 0.2) is 66.7 Å². The van der Waals surface area contributed by atoms with Crippen LogP contribution in [0.5, 0.6) is 0 Å². The van der Waals surface area contributed by atoms with Crippen molar-refractivity contribution >= 4 is 34.1 Å². The molecule has 3 aromatic rings. The number of ketones is 1. The maximum absolute atomic E-state index is 13.6. The van der Waals surface area contributed by atoms with Crippen LogP contribution < -0.4 is 11.1 Å². The molecule has 0 aromatic heterocycles. The van der Waals surface area contributed by atoms with Crippen molar-refractivity contribution in [1.82, 2.24) is 10.2 Å². The van der Waals surface area contributed by atoms with E-state index in [-0.39, 0.29) is 30.3 Å². The van der Waals surface area contributed by atoms with Crippen LogP contribution in [-0.4, -0.2) is 53.8 Å². The number of likely N-dealkylation sites (tertiary alicyclic amines) is 1. The summed E-state index contributed by atoms with van der Waals surface area (Å²) in [5.41, 5.74) is 7.80. The minimum absolute atomic E-state index is 0.0319. The normalized spacial score (nSPS) is 20.6. The zero-order valence-electron chi connectivity index (χ0n) is 18.1. The van der Waals surface area contributed by atoms with Crippen LogP contribution >= 0.6 is 0 Å². The standard InChI is InChI=1S/C26H25N3O4/c27-18-10-8-16(9-11-18)14-21(26(32)29-13-12-23-24(29)22(30)15-33-23)28-25(31)20-7-3-5-17-4-1-2-6-19(17)20/h1-11,21,23-24H,12-15,27H2,(H,28,31). The third-order valence-corrected chi connectivity index (χ3v) is 6.45. The number of anilines is 1. The Morgan fingerprint density at radius 3 is 2.64 bits per heavy atom. The Labute approximate surface area is 191 Å². The van der Waals surface area contributed by atoms with Crippen LogP contribution in [0.3, 0.4) is 0 Å². The zero-order chi connectivity index (χ0) is 22.9. The minimum Gasteiger partial charge on any atom is -0.399 e. The first-order valence-electron chi connectivity index (χ1n) is 11.1. The smallest absolute Gasteiger partial charge is 0.252 e. The molecule has 0 saturated carbocycles. The molecule has 0 spiro atoms. The van der Waals surface area contributed by atoms with Crippen molar-refractivity contribution in [3.05, 3.63) is 77.9 Å². The highest BCUT2D eigenvalue weighted by molar-refractivity contribution is 6.08. The third-order valence-electron chi connectivity index (χ3n) is 6.45. The summed E-state index contributed by atoms with van der Waals surface area (Å²) in [6, 6.07) is 19.0. The molecule has 2 saturated heterocycles. The molecule has 2 aliphatic rings. The van der Waals surface area contributed by atoms with E-state index in [9.17, 15) is 14.4 Å². The van der Waals surface area contributed by atoms with E-state index >= 15 is 0 Å². The third kappa shape index (κ3) is 4.07. The number of fused-ring (bicyclic) bond motifs is 2. The maximum Gasteiger partial charge on any atom is 0.252 e. The van der Waals surface area contributed by atoms with Crippen molar-refractivity contribution < 1.29 is 19.1 Å². The topological polar surface area (TPSA) is 102 Å². The molecule has 2 aliphatic heterocycles. The maximum atomic E-state index is 13.6. The van der Waals surface area contributed by atoms with Crippen LogP contribution in [0.25, 0.3) is 10.8 Å². The number of carbonyl (C=O) groups excluding carboxylic acids is 3. The van der Waals surface area contributed by atoms with Gasteiger partial charge in [-0.3, -0.25) is 14.4 Å². The lowest BCUT2D eigenvalue weighted by Gasteiger charge is -2.28. The summed E-state index contributed by atoms with van der Waals surface area (Å²) < 4.78 is 5.53. The first-order valence-corrected chi connectivity index (χ1v) is 11.1. The lowest BCUT2D eigenvalue weighted by atomic mass is 10.0. The summed E-state index contributed by atoms with van der Waals surface area (Å²) >= 11 is 0. The predicted octanol–water partition coefficient (Wildman–Crippen LogP) is 2.33. The summed E-state index contributed by atoms with van der Waals surface area (Å²) in [7, 11) is 0. The van der Waals surface area contributed by atoms with Crippen LogP contribution in [0.2, 0.25) is 0 Å². The number of nitrogens with two attached hydrogens (primary N) is 1. The Bertz CT molecular complexity index is 1220. The second-order valence-electron chi connectivity index (χ2n) is 8.58. The number of Topliss-reactive ketones (excluding diaryl/α,β-unsaturated/α-hetero) is 1. The molecule has 0 bridgehead atoms. The highest BCUT2D eigenvalue weighted by atomic mass is 16.5. The van der Waals surface area contributed by atoms with E-state index in [1.54, 1.807) is 23.1 Å². The quantitative estimate of drug-likeness (QED) is 0.590. The molecule has 2 fully saturated rings. The Hall–Kier alpha value is -3.71. The van der Waals surface area contributed by atoms with Gasteiger partial charge < -0.3 is 20.7 Å². The lowest BCUT2D eigenvalue weighted by molar-refractivity contribution is -0.138. The van der Waals surface area contributed by atoms with Gasteiger partial charge in [0.1, 0.15) is 18.7 Å². The molecule has 168 valence electrons. The number of hydrogen-bond donors (Lipinski definition) is 2. The van der Waals surface area contributed by atoms with E-state index in [0.717, 1.165) is 16.3 Å². The second kappa shape index (κ2) is 8.67. The molecule has 3 atom stereocenters. The molecule has 2 amide bonds. The Balaban J connectivity index is 1.44. The highest BCUT2D eigenvalue weighted by Gasteiger charge is 2.48. The molecular weight excluding hydrogens is 418 g/mol. The van der Waals surface area contributed by atoms with Crippen molar-refractivity contribution in [3.8, 4) is 0 Å². The number of nitrogens with zero attached hydrogens (tertiary/aromatic N) is 1. The fourth-order valence-electron chi connectivity index (χ4n) is 4.79. The van der Waals surface area contributed by atoms with Gasteiger partial charge in [-0.05, 0) is 41.0 Å². The number of amides is 2. The first-order chi connectivity index (χ1) is 16.0. The Morgan fingerprint density at radius 2 is 1.82 bits per heavy atom. The van der Waals surface area contributed by atoms with Crippen molar-refractivity contribution in [3.63, 3.8) is 0 Å². The van der Waals surface area contributed by atoms with Gasteiger partial charge in [-0.25, -0.2) is 0 Å². The molecule has 3 unspecified atom stereocenters. The fourth-order valence-corrected chi connectivity index (χ4v) is 4.79.